The molecule has 0 bridgehead atoms. The fourth-order valence-electron chi connectivity index (χ4n) is 1.63. The second-order valence-corrected chi connectivity index (χ2v) is 3.99. The average molecular weight is 243 g/mol. The summed E-state index contributed by atoms with van der Waals surface area (Å²) in [5.41, 5.74) is 8.35. The Hall–Kier alpha value is -2.56. The smallest absolute Gasteiger partial charge is 0.337 e. The predicted molar refractivity (Wildman–Crippen MR) is 70.1 cm³/mol. The normalized spacial score (nSPS) is 10.1. The van der Waals surface area contributed by atoms with E-state index in [-0.39, 0.29) is 5.56 Å². The van der Waals surface area contributed by atoms with E-state index in [1.807, 2.05) is 13.0 Å². The van der Waals surface area contributed by atoms with Gasteiger partial charge in [0.1, 0.15) is 0 Å². The van der Waals surface area contributed by atoms with Gasteiger partial charge >= 0.3 is 5.97 Å². The molecule has 92 valence electrons. The molecule has 5 nitrogen and oxygen atoms in total. The highest BCUT2D eigenvalue weighted by molar-refractivity contribution is 5.96. The van der Waals surface area contributed by atoms with E-state index in [9.17, 15) is 4.79 Å². The van der Waals surface area contributed by atoms with E-state index < -0.39 is 5.97 Å². The summed E-state index contributed by atoms with van der Waals surface area (Å²) in [6.07, 6.45) is 3.36. The zero-order valence-corrected chi connectivity index (χ0v) is 9.84. The van der Waals surface area contributed by atoms with E-state index in [1.165, 1.54) is 6.07 Å². The lowest BCUT2D eigenvalue weighted by Gasteiger charge is -2.10. The van der Waals surface area contributed by atoms with Crippen molar-refractivity contribution in [2.24, 2.45) is 0 Å². The number of aryl methyl sites for hydroxylation is 1. The summed E-state index contributed by atoms with van der Waals surface area (Å²) in [6, 6.07) is 6.60. The minimum Gasteiger partial charge on any atom is -0.478 e. The van der Waals surface area contributed by atoms with Crippen molar-refractivity contribution in [1.82, 2.24) is 4.98 Å². The number of rotatable bonds is 3. The average Bonchev–Trinajstić information content (AvgIpc) is 2.31. The van der Waals surface area contributed by atoms with E-state index in [1.54, 1.807) is 24.5 Å². The third kappa shape index (κ3) is 2.57. The minimum absolute atomic E-state index is 0.136. The number of nitrogens with two attached hydrogens (primary N) is 1. The third-order valence-electron chi connectivity index (χ3n) is 2.43. The Bertz CT molecular complexity index is 597. The molecule has 0 unspecified atom stereocenters. The van der Waals surface area contributed by atoms with Gasteiger partial charge in [0.2, 0.25) is 0 Å². The van der Waals surface area contributed by atoms with Gasteiger partial charge in [-0.1, -0.05) is 0 Å². The first-order valence-corrected chi connectivity index (χ1v) is 5.38. The Kier molecular flexibility index (Phi) is 3.14. The molecule has 0 fully saturated rings. The summed E-state index contributed by atoms with van der Waals surface area (Å²) < 4.78 is 0. The van der Waals surface area contributed by atoms with Gasteiger partial charge in [-0.05, 0) is 36.8 Å². The monoisotopic (exact) mass is 243 g/mol. The summed E-state index contributed by atoms with van der Waals surface area (Å²) >= 11 is 0. The van der Waals surface area contributed by atoms with Gasteiger partial charge in [0.15, 0.2) is 0 Å². The SMILES string of the molecule is Cc1cncc(Nc2ccc(N)cc2C(=O)O)c1. The van der Waals surface area contributed by atoms with Gasteiger partial charge in [0.05, 0.1) is 23.1 Å². The number of nitrogens with one attached hydrogen (secondary N) is 1. The molecule has 18 heavy (non-hydrogen) atoms. The summed E-state index contributed by atoms with van der Waals surface area (Å²) in [7, 11) is 0. The van der Waals surface area contributed by atoms with Gasteiger partial charge < -0.3 is 16.2 Å². The van der Waals surface area contributed by atoms with Crippen molar-refractivity contribution in [3.8, 4) is 0 Å². The number of hydrogen-bond donors (Lipinski definition) is 3. The highest BCUT2D eigenvalue weighted by Crippen LogP contribution is 2.23. The number of nitrogen functional groups attached to an aromatic ring is 1. The van der Waals surface area contributed by atoms with Crippen molar-refractivity contribution in [3.63, 3.8) is 0 Å². The quantitative estimate of drug-likeness (QED) is 0.720. The van der Waals surface area contributed by atoms with E-state index in [0.29, 0.717) is 11.4 Å². The van der Waals surface area contributed by atoms with Crippen molar-refractivity contribution in [2.75, 3.05) is 11.1 Å². The zero-order valence-electron chi connectivity index (χ0n) is 9.84. The maximum absolute atomic E-state index is 11.1. The maximum Gasteiger partial charge on any atom is 0.337 e. The number of pyridine rings is 1. The molecule has 1 aromatic heterocycles. The molecule has 5 heteroatoms. The number of aromatic nitrogens is 1. The van der Waals surface area contributed by atoms with Gasteiger partial charge in [0, 0.05) is 11.9 Å². The molecule has 0 spiro atoms. The molecule has 4 N–H and O–H groups in total. The van der Waals surface area contributed by atoms with Crippen LogP contribution in [0.5, 0.6) is 0 Å². The fourth-order valence-corrected chi connectivity index (χ4v) is 1.63. The summed E-state index contributed by atoms with van der Waals surface area (Å²) in [6.45, 7) is 1.92. The molecule has 0 saturated carbocycles. The molecule has 1 heterocycles. The van der Waals surface area contributed by atoms with Crippen LogP contribution in [0.4, 0.5) is 17.1 Å². The molecule has 0 atom stereocenters. The first-order chi connectivity index (χ1) is 8.56. The van der Waals surface area contributed by atoms with E-state index >= 15 is 0 Å². The highest BCUT2D eigenvalue weighted by Gasteiger charge is 2.10. The molecule has 2 rings (SSSR count). The first-order valence-electron chi connectivity index (χ1n) is 5.38. The van der Waals surface area contributed by atoms with Crippen molar-refractivity contribution in [2.45, 2.75) is 6.92 Å². The molecular formula is C13H13N3O2. The van der Waals surface area contributed by atoms with Crippen molar-refractivity contribution >= 4 is 23.0 Å². The number of carbonyl (C=O) groups is 1. The Morgan fingerprint density at radius 3 is 2.78 bits per heavy atom. The van der Waals surface area contributed by atoms with Crippen LogP contribution >= 0.6 is 0 Å². The van der Waals surface area contributed by atoms with Crippen molar-refractivity contribution < 1.29 is 9.90 Å². The number of nitrogens with zero attached hydrogens (tertiary/aromatic N) is 1. The van der Waals surface area contributed by atoms with Crippen LogP contribution in [0.25, 0.3) is 0 Å². The van der Waals surface area contributed by atoms with Gasteiger partial charge in [-0.15, -0.1) is 0 Å². The summed E-state index contributed by atoms with van der Waals surface area (Å²) in [5, 5.41) is 12.1. The standard InChI is InChI=1S/C13H13N3O2/c1-8-4-10(7-15-6-8)16-12-3-2-9(14)5-11(12)13(17)18/h2-7,16H,14H2,1H3,(H,17,18). The lowest BCUT2D eigenvalue weighted by Crippen LogP contribution is -2.04. The van der Waals surface area contributed by atoms with Crippen LogP contribution in [-0.4, -0.2) is 16.1 Å². The molecule has 0 aliphatic rings. The highest BCUT2D eigenvalue weighted by atomic mass is 16.4. The van der Waals surface area contributed by atoms with E-state index in [2.05, 4.69) is 10.3 Å². The van der Waals surface area contributed by atoms with E-state index in [0.717, 1.165) is 11.3 Å². The summed E-state index contributed by atoms with van der Waals surface area (Å²) in [4.78, 5) is 15.2. The van der Waals surface area contributed by atoms with Crippen LogP contribution in [0.15, 0.2) is 36.7 Å². The van der Waals surface area contributed by atoms with Gasteiger partial charge in [-0.25, -0.2) is 4.79 Å². The number of carboxylic acid groups (broad SMARTS) is 1. The largest absolute Gasteiger partial charge is 0.478 e. The molecule has 0 aliphatic carbocycles. The number of aromatic carboxylic acids is 1. The molecule has 0 saturated heterocycles. The lowest BCUT2D eigenvalue weighted by molar-refractivity contribution is 0.0698. The molecule has 2 aromatic rings. The van der Waals surface area contributed by atoms with Crippen LogP contribution in [0.2, 0.25) is 0 Å². The van der Waals surface area contributed by atoms with Crippen LogP contribution in [-0.2, 0) is 0 Å². The van der Waals surface area contributed by atoms with Crippen LogP contribution < -0.4 is 11.1 Å². The summed E-state index contributed by atoms with van der Waals surface area (Å²) in [5.74, 6) is -1.02. The van der Waals surface area contributed by atoms with E-state index in [4.69, 9.17) is 10.8 Å². The second-order valence-electron chi connectivity index (χ2n) is 3.99. The van der Waals surface area contributed by atoms with Gasteiger partial charge in [-0.2, -0.15) is 0 Å². The van der Waals surface area contributed by atoms with Crippen LogP contribution in [0, 0.1) is 6.92 Å². The maximum atomic E-state index is 11.1. The number of hydrogen-bond acceptors (Lipinski definition) is 4. The first kappa shape index (κ1) is 11.9. The second kappa shape index (κ2) is 4.75. The van der Waals surface area contributed by atoms with Crippen LogP contribution in [0.3, 0.4) is 0 Å². The fraction of sp³-hybridized carbons (Fsp3) is 0.0769. The zero-order chi connectivity index (χ0) is 13.1. The van der Waals surface area contributed by atoms with Gasteiger partial charge in [0.25, 0.3) is 0 Å². The lowest BCUT2D eigenvalue weighted by atomic mass is 10.1. The molecule has 0 radical (unpaired) electrons. The number of benzene rings is 1. The molecular weight excluding hydrogens is 230 g/mol. The predicted octanol–water partition coefficient (Wildman–Crippen LogP) is 2.41. The number of carboxylic acids is 1. The molecule has 0 aliphatic heterocycles. The Morgan fingerprint density at radius 1 is 1.33 bits per heavy atom. The Morgan fingerprint density at radius 2 is 2.11 bits per heavy atom. The molecule has 0 amide bonds. The van der Waals surface area contributed by atoms with Crippen molar-refractivity contribution in [3.05, 3.63) is 47.8 Å². The van der Waals surface area contributed by atoms with Crippen molar-refractivity contribution in [1.29, 1.82) is 0 Å². The molecule has 1 aromatic carbocycles. The Labute approximate surface area is 104 Å². The third-order valence-corrected chi connectivity index (χ3v) is 2.43. The van der Waals surface area contributed by atoms with Gasteiger partial charge in [-0.3, -0.25) is 4.98 Å². The Balaban J connectivity index is 2.37. The minimum atomic E-state index is -1.02. The van der Waals surface area contributed by atoms with Crippen LogP contribution in [0.1, 0.15) is 15.9 Å². The number of anilines is 3. The topological polar surface area (TPSA) is 88.2 Å².